The van der Waals surface area contributed by atoms with Gasteiger partial charge in [0.15, 0.2) is 0 Å². The Morgan fingerprint density at radius 1 is 0.312 bits per heavy atom. The highest BCUT2D eigenvalue weighted by molar-refractivity contribution is 7.07. The molecule has 4 nitrogen and oxygen atoms in total. The van der Waals surface area contributed by atoms with E-state index < -0.39 is 16.6 Å². The maximum Gasteiger partial charge on any atom is 0.321 e. The second-order valence-electron chi connectivity index (χ2n) is 11.8. The van der Waals surface area contributed by atoms with E-state index in [0.717, 1.165) is 55.4 Å². The maximum absolute atomic E-state index is 7.14. The van der Waals surface area contributed by atoms with Crippen molar-refractivity contribution in [3.05, 3.63) is 206 Å². The van der Waals surface area contributed by atoms with Gasteiger partial charge in [0.05, 0.1) is 11.4 Å². The summed E-state index contributed by atoms with van der Waals surface area (Å²) in [7, 11) is -5.99. The summed E-state index contributed by atoms with van der Waals surface area (Å²) in [4.78, 5) is 0. The van der Waals surface area contributed by atoms with Crippen molar-refractivity contribution in [2.75, 3.05) is 0 Å². The lowest BCUT2D eigenvalue weighted by Crippen LogP contribution is -2.71. The SMILES string of the molecule is C1=C(NO[Si](c2ccccc2)(c2ccccc2)c2ccccc2)C(NO[Si](c2ccccc2)(c2ccccc2)c2ccccc2)=CCC1. The maximum atomic E-state index is 7.14. The largest absolute Gasteiger partial charge is 0.321 e. The molecule has 6 heteroatoms. The molecule has 0 heterocycles. The number of hydrogen-bond acceptors (Lipinski definition) is 4. The van der Waals surface area contributed by atoms with Gasteiger partial charge < -0.3 is 9.05 Å². The van der Waals surface area contributed by atoms with Crippen LogP contribution in [-0.2, 0) is 9.05 Å². The smallest absolute Gasteiger partial charge is 0.305 e. The van der Waals surface area contributed by atoms with Gasteiger partial charge in [0.2, 0.25) is 0 Å². The van der Waals surface area contributed by atoms with Gasteiger partial charge in [0.25, 0.3) is 0 Å². The lowest BCUT2D eigenvalue weighted by molar-refractivity contribution is 0.203. The van der Waals surface area contributed by atoms with Gasteiger partial charge in [-0.1, -0.05) is 194 Å². The fourth-order valence-corrected chi connectivity index (χ4v) is 13.7. The van der Waals surface area contributed by atoms with Gasteiger partial charge in [-0.2, -0.15) is 0 Å². The molecule has 236 valence electrons. The fourth-order valence-electron chi connectivity index (χ4n) is 6.52. The summed E-state index contributed by atoms with van der Waals surface area (Å²) in [5.41, 5.74) is 8.70. The molecular formula is C42H38N2O2Si2. The Morgan fingerprint density at radius 3 is 0.729 bits per heavy atom. The van der Waals surface area contributed by atoms with Crippen molar-refractivity contribution in [2.24, 2.45) is 0 Å². The summed E-state index contributed by atoms with van der Waals surface area (Å²) in [5, 5.41) is 6.94. The third-order valence-electron chi connectivity index (χ3n) is 8.86. The predicted molar refractivity (Wildman–Crippen MR) is 202 cm³/mol. The van der Waals surface area contributed by atoms with E-state index in [1.807, 2.05) is 0 Å². The van der Waals surface area contributed by atoms with E-state index in [2.05, 4.69) is 205 Å². The monoisotopic (exact) mass is 658 g/mol. The van der Waals surface area contributed by atoms with E-state index in [-0.39, 0.29) is 0 Å². The average molecular weight is 659 g/mol. The van der Waals surface area contributed by atoms with Crippen molar-refractivity contribution in [3.63, 3.8) is 0 Å². The van der Waals surface area contributed by atoms with E-state index >= 15 is 0 Å². The molecule has 0 radical (unpaired) electrons. The summed E-state index contributed by atoms with van der Waals surface area (Å²) in [6.07, 6.45) is 6.18. The summed E-state index contributed by atoms with van der Waals surface area (Å²) in [6, 6.07) is 63.6. The molecule has 6 aromatic rings. The van der Waals surface area contributed by atoms with Gasteiger partial charge in [-0.05, 0) is 44.0 Å². The normalized spacial score (nSPS) is 13.2. The first-order chi connectivity index (χ1) is 23.8. The van der Waals surface area contributed by atoms with Gasteiger partial charge in [0, 0.05) is 0 Å². The van der Waals surface area contributed by atoms with Crippen LogP contribution in [0.5, 0.6) is 0 Å². The van der Waals surface area contributed by atoms with Crippen LogP contribution in [0.15, 0.2) is 206 Å². The van der Waals surface area contributed by atoms with Crippen LogP contribution in [0.1, 0.15) is 12.8 Å². The molecule has 0 saturated carbocycles. The highest BCUT2D eigenvalue weighted by Crippen LogP contribution is 2.18. The molecular weight excluding hydrogens is 621 g/mol. The topological polar surface area (TPSA) is 42.5 Å². The Bertz CT molecular complexity index is 1620. The lowest BCUT2D eigenvalue weighted by Gasteiger charge is -2.35. The molecule has 1 aliphatic carbocycles. The molecule has 7 rings (SSSR count). The van der Waals surface area contributed by atoms with Crippen LogP contribution < -0.4 is 42.1 Å². The van der Waals surface area contributed by atoms with Crippen LogP contribution in [0.4, 0.5) is 0 Å². The van der Waals surface area contributed by atoms with Crippen LogP contribution in [0.25, 0.3) is 0 Å². The summed E-state index contributed by atoms with van der Waals surface area (Å²) in [6.45, 7) is 0. The third-order valence-corrected chi connectivity index (χ3v) is 16.6. The molecule has 6 aromatic carbocycles. The number of hydrogen-bond donors (Lipinski definition) is 2. The molecule has 2 N–H and O–H groups in total. The Morgan fingerprint density at radius 2 is 0.521 bits per heavy atom. The number of allylic oxidation sites excluding steroid dienone is 2. The molecule has 0 aliphatic heterocycles. The average Bonchev–Trinajstić information content (AvgIpc) is 3.18. The standard InChI is InChI=1S/C42H38N2O2Si2/c1-7-21-35(22-8-1)47(36-23-9-2-10-24-36,37-25-11-3-12-26-37)45-43-41-33-19-20-34-42(41)44-46-48(38-27-13-4-14-28-38,39-29-15-5-16-30-39)40-31-17-6-18-32-40/h1-18,21-34,43-44H,19-20H2. The number of benzene rings is 6. The zero-order chi connectivity index (χ0) is 32.5. The number of nitrogens with one attached hydrogen (secondary N) is 2. The molecule has 0 spiro atoms. The highest BCUT2D eigenvalue weighted by atomic mass is 28.4. The summed E-state index contributed by atoms with van der Waals surface area (Å²) < 4.78 is 14.3. The minimum Gasteiger partial charge on any atom is -0.305 e. The van der Waals surface area contributed by atoms with E-state index in [0.29, 0.717) is 0 Å². The van der Waals surface area contributed by atoms with Crippen molar-refractivity contribution in [2.45, 2.75) is 12.8 Å². The van der Waals surface area contributed by atoms with Crippen molar-refractivity contribution in [3.8, 4) is 0 Å². The van der Waals surface area contributed by atoms with Gasteiger partial charge in [-0.25, -0.2) is 0 Å². The minimum atomic E-state index is -2.99. The fraction of sp³-hybridized carbons (Fsp3) is 0.0476. The van der Waals surface area contributed by atoms with Crippen molar-refractivity contribution >= 4 is 47.8 Å². The molecule has 0 saturated heterocycles. The second-order valence-corrected chi connectivity index (χ2v) is 18.4. The first-order valence-electron chi connectivity index (χ1n) is 16.4. The van der Waals surface area contributed by atoms with E-state index in [1.165, 1.54) is 0 Å². The van der Waals surface area contributed by atoms with Gasteiger partial charge in [-0.3, -0.25) is 11.0 Å². The van der Waals surface area contributed by atoms with Gasteiger partial charge >= 0.3 is 16.6 Å². The molecule has 48 heavy (non-hydrogen) atoms. The Kier molecular flexibility index (Phi) is 9.58. The molecule has 0 unspecified atom stereocenters. The van der Waals surface area contributed by atoms with Crippen LogP contribution in [0.2, 0.25) is 0 Å². The Hall–Kier alpha value is -5.25. The second kappa shape index (κ2) is 14.7. The van der Waals surface area contributed by atoms with Crippen molar-refractivity contribution < 1.29 is 9.05 Å². The molecule has 0 fully saturated rings. The van der Waals surface area contributed by atoms with Crippen LogP contribution in [0.3, 0.4) is 0 Å². The van der Waals surface area contributed by atoms with E-state index in [1.54, 1.807) is 0 Å². The molecule has 0 atom stereocenters. The van der Waals surface area contributed by atoms with Gasteiger partial charge in [-0.15, -0.1) is 0 Å². The van der Waals surface area contributed by atoms with Gasteiger partial charge in [0.1, 0.15) is 0 Å². The van der Waals surface area contributed by atoms with Crippen molar-refractivity contribution in [1.29, 1.82) is 0 Å². The number of rotatable bonds is 12. The first-order valence-corrected chi connectivity index (χ1v) is 20.2. The Labute approximate surface area is 285 Å². The zero-order valence-electron chi connectivity index (χ0n) is 26.7. The summed E-state index contributed by atoms with van der Waals surface area (Å²) in [5.74, 6) is 0. The third kappa shape index (κ3) is 6.22. The van der Waals surface area contributed by atoms with E-state index in [9.17, 15) is 0 Å². The van der Waals surface area contributed by atoms with Crippen LogP contribution in [-0.4, -0.2) is 16.6 Å². The highest BCUT2D eigenvalue weighted by Gasteiger charge is 2.45. The first kappa shape index (κ1) is 31.4. The minimum absolute atomic E-state index is 0.859. The van der Waals surface area contributed by atoms with Crippen LogP contribution in [0, 0.1) is 0 Å². The van der Waals surface area contributed by atoms with E-state index in [4.69, 9.17) is 9.05 Å². The summed E-state index contributed by atoms with van der Waals surface area (Å²) >= 11 is 0. The van der Waals surface area contributed by atoms with Crippen LogP contribution >= 0.6 is 0 Å². The Balaban J connectivity index is 1.25. The zero-order valence-corrected chi connectivity index (χ0v) is 28.7. The molecule has 0 aromatic heterocycles. The predicted octanol–water partition coefficient (Wildman–Crippen LogP) is 4.92. The molecule has 0 amide bonds. The lowest BCUT2D eigenvalue weighted by atomic mass is 10.1. The quantitative estimate of drug-likeness (QED) is 0.111. The number of hydroxylamine groups is 2. The van der Waals surface area contributed by atoms with Crippen molar-refractivity contribution in [1.82, 2.24) is 11.0 Å². The molecule has 0 bridgehead atoms. The molecule has 1 aliphatic rings.